The molecule has 1 atom stereocenters. The number of nitrogens with zero attached hydrogens (tertiary/aromatic N) is 2. The quantitative estimate of drug-likeness (QED) is 0.648. The molecule has 8 heteroatoms. The highest BCUT2D eigenvalue weighted by Gasteiger charge is 2.23. The van der Waals surface area contributed by atoms with E-state index in [1.165, 1.54) is 0 Å². The van der Waals surface area contributed by atoms with Crippen molar-refractivity contribution in [1.29, 1.82) is 0 Å². The molecule has 1 aliphatic rings. The van der Waals surface area contributed by atoms with Crippen molar-refractivity contribution < 1.29 is 19.8 Å². The number of carboxylic acid groups (broad SMARTS) is 1. The first kappa shape index (κ1) is 16.9. The van der Waals surface area contributed by atoms with E-state index in [2.05, 4.69) is 5.32 Å². The third-order valence-electron chi connectivity index (χ3n) is 3.44. The maximum Gasteiger partial charge on any atom is 0.317 e. The van der Waals surface area contributed by atoms with Crippen molar-refractivity contribution >= 4 is 23.2 Å². The van der Waals surface area contributed by atoms with Crippen molar-refractivity contribution in [3.05, 3.63) is 22.4 Å². The van der Waals surface area contributed by atoms with Crippen molar-refractivity contribution in [2.45, 2.75) is 12.6 Å². The molecule has 1 saturated heterocycles. The Hall–Kier alpha value is -1.48. The van der Waals surface area contributed by atoms with Crippen molar-refractivity contribution in [3.63, 3.8) is 0 Å². The third kappa shape index (κ3) is 5.72. The van der Waals surface area contributed by atoms with Gasteiger partial charge in [0.25, 0.3) is 0 Å². The fourth-order valence-corrected chi connectivity index (χ4v) is 3.10. The van der Waals surface area contributed by atoms with E-state index >= 15 is 0 Å². The first-order valence-electron chi connectivity index (χ1n) is 7.16. The Bertz CT molecular complexity index is 494. The van der Waals surface area contributed by atoms with E-state index in [1.54, 1.807) is 16.2 Å². The van der Waals surface area contributed by atoms with Gasteiger partial charge in [-0.25, -0.2) is 0 Å². The summed E-state index contributed by atoms with van der Waals surface area (Å²) in [6, 6.07) is 3.90. The summed E-state index contributed by atoms with van der Waals surface area (Å²) in [4.78, 5) is 27.3. The third-order valence-corrected chi connectivity index (χ3v) is 4.31. The van der Waals surface area contributed by atoms with Crippen LogP contribution in [-0.2, 0) is 16.1 Å². The number of thiophene rings is 1. The first-order chi connectivity index (χ1) is 10.5. The number of carbonyl (C=O) groups excluding carboxylic acids is 1. The van der Waals surface area contributed by atoms with E-state index in [9.17, 15) is 14.7 Å². The number of nitrogens with one attached hydrogen (secondary N) is 1. The molecule has 0 saturated carbocycles. The number of amides is 1. The normalized spacial score (nSPS) is 20.5. The van der Waals surface area contributed by atoms with Gasteiger partial charge in [0.2, 0.25) is 5.91 Å². The zero-order chi connectivity index (χ0) is 15.9. The monoisotopic (exact) mass is 327 g/mol. The van der Waals surface area contributed by atoms with Gasteiger partial charge in [-0.3, -0.25) is 19.4 Å². The number of aliphatic carboxylic acids is 1. The first-order valence-corrected chi connectivity index (χ1v) is 8.04. The van der Waals surface area contributed by atoms with E-state index in [4.69, 9.17) is 5.11 Å². The van der Waals surface area contributed by atoms with Gasteiger partial charge in [0.15, 0.2) is 0 Å². The Labute approximate surface area is 133 Å². The summed E-state index contributed by atoms with van der Waals surface area (Å²) in [5, 5.41) is 23.6. The fraction of sp³-hybridized carbons (Fsp3) is 0.571. The second kappa shape index (κ2) is 8.23. The molecule has 2 rings (SSSR count). The minimum Gasteiger partial charge on any atom is -0.480 e. The lowest BCUT2D eigenvalue weighted by Crippen LogP contribution is -2.40. The van der Waals surface area contributed by atoms with Crippen LogP contribution in [0.15, 0.2) is 17.5 Å². The van der Waals surface area contributed by atoms with E-state index in [1.807, 2.05) is 22.4 Å². The number of β-amino-alcohol motifs (C(OH)–C–C–N with tert-alkyl or cyclic N) is 1. The van der Waals surface area contributed by atoms with Crippen LogP contribution in [0.25, 0.3) is 0 Å². The number of carboxylic acids is 1. The average Bonchev–Trinajstić information content (AvgIpc) is 2.89. The van der Waals surface area contributed by atoms with Crippen LogP contribution in [0.2, 0.25) is 0 Å². The van der Waals surface area contributed by atoms with Gasteiger partial charge in [0, 0.05) is 31.1 Å². The highest BCUT2D eigenvalue weighted by Crippen LogP contribution is 2.07. The highest BCUT2D eigenvalue weighted by molar-refractivity contribution is 7.09. The molecule has 3 N–H and O–H groups in total. The lowest BCUT2D eigenvalue weighted by Gasteiger charge is -2.20. The van der Waals surface area contributed by atoms with Crippen molar-refractivity contribution in [2.24, 2.45) is 0 Å². The van der Waals surface area contributed by atoms with Gasteiger partial charge in [-0.15, -0.1) is 11.3 Å². The van der Waals surface area contributed by atoms with Crippen LogP contribution in [0.4, 0.5) is 0 Å². The van der Waals surface area contributed by atoms with Gasteiger partial charge in [0.05, 0.1) is 25.7 Å². The van der Waals surface area contributed by atoms with Crippen LogP contribution in [-0.4, -0.2) is 77.3 Å². The number of carbonyl (C=O) groups is 2. The summed E-state index contributed by atoms with van der Waals surface area (Å²) in [6.07, 6.45) is -0.646. The van der Waals surface area contributed by atoms with Crippen molar-refractivity contribution in [2.75, 3.05) is 39.3 Å². The minimum atomic E-state index is -0.908. The van der Waals surface area contributed by atoms with E-state index in [0.29, 0.717) is 32.7 Å². The van der Waals surface area contributed by atoms with Crippen LogP contribution in [0.5, 0.6) is 0 Å². The molecule has 0 bridgehead atoms. The lowest BCUT2D eigenvalue weighted by molar-refractivity contribution is -0.138. The molecule has 0 spiro atoms. The SMILES string of the molecule is O=C(O)CN1CCN(CC(=O)NCc2cccs2)C[C@@H](O)C1. The molecule has 1 aliphatic heterocycles. The van der Waals surface area contributed by atoms with Crippen molar-refractivity contribution in [3.8, 4) is 0 Å². The molecule has 0 aliphatic carbocycles. The minimum absolute atomic E-state index is 0.0878. The van der Waals surface area contributed by atoms with Crippen LogP contribution in [0, 0.1) is 0 Å². The van der Waals surface area contributed by atoms with Gasteiger partial charge >= 0.3 is 5.97 Å². The second-order valence-corrected chi connectivity index (χ2v) is 6.41. The van der Waals surface area contributed by atoms with Crippen LogP contribution in [0.1, 0.15) is 4.88 Å². The summed E-state index contributed by atoms with van der Waals surface area (Å²) in [5.74, 6) is -0.998. The molecule has 1 aromatic rings. The molecule has 1 aromatic heterocycles. The molecule has 122 valence electrons. The van der Waals surface area contributed by atoms with Gasteiger partial charge in [-0.1, -0.05) is 6.07 Å². The van der Waals surface area contributed by atoms with Gasteiger partial charge in [-0.05, 0) is 11.4 Å². The molecule has 1 amide bonds. The molecule has 1 fully saturated rings. The summed E-state index contributed by atoms with van der Waals surface area (Å²) >= 11 is 1.59. The zero-order valence-corrected chi connectivity index (χ0v) is 13.1. The Balaban J connectivity index is 1.77. The Morgan fingerprint density at radius 1 is 1.27 bits per heavy atom. The molecule has 0 radical (unpaired) electrons. The molecular weight excluding hydrogens is 306 g/mol. The van der Waals surface area contributed by atoms with E-state index in [-0.39, 0.29) is 19.0 Å². The molecule has 0 aromatic carbocycles. The Morgan fingerprint density at radius 2 is 1.95 bits per heavy atom. The predicted molar refractivity (Wildman–Crippen MR) is 82.7 cm³/mol. The largest absolute Gasteiger partial charge is 0.480 e. The molecule has 22 heavy (non-hydrogen) atoms. The number of aliphatic hydroxyl groups excluding tert-OH is 1. The molecule has 2 heterocycles. The average molecular weight is 327 g/mol. The maximum absolute atomic E-state index is 11.9. The molecule has 0 unspecified atom stereocenters. The highest BCUT2D eigenvalue weighted by atomic mass is 32.1. The summed E-state index contributed by atoms with van der Waals surface area (Å²) in [7, 11) is 0. The number of rotatable bonds is 6. The summed E-state index contributed by atoms with van der Waals surface area (Å²) in [6.45, 7) is 2.43. The topological polar surface area (TPSA) is 93.1 Å². The number of hydrogen-bond donors (Lipinski definition) is 3. The van der Waals surface area contributed by atoms with Gasteiger partial charge < -0.3 is 15.5 Å². The van der Waals surface area contributed by atoms with Gasteiger partial charge in [0.1, 0.15) is 0 Å². The van der Waals surface area contributed by atoms with Gasteiger partial charge in [-0.2, -0.15) is 0 Å². The Morgan fingerprint density at radius 3 is 2.55 bits per heavy atom. The lowest BCUT2D eigenvalue weighted by atomic mass is 10.3. The van der Waals surface area contributed by atoms with Crippen LogP contribution in [0.3, 0.4) is 0 Å². The summed E-state index contributed by atoms with van der Waals surface area (Å²) < 4.78 is 0. The zero-order valence-electron chi connectivity index (χ0n) is 12.3. The Kier molecular flexibility index (Phi) is 6.32. The number of hydrogen-bond acceptors (Lipinski definition) is 6. The fourth-order valence-electron chi connectivity index (χ4n) is 2.46. The van der Waals surface area contributed by atoms with E-state index in [0.717, 1.165) is 4.88 Å². The number of aliphatic hydroxyl groups is 1. The predicted octanol–water partition coefficient (Wildman–Crippen LogP) is -0.573. The maximum atomic E-state index is 11.9. The standard InChI is InChI=1S/C14H21N3O4S/c18-11-7-16(3-4-17(8-11)10-14(20)21)9-13(19)15-6-12-2-1-5-22-12/h1-2,5,11,18H,3-4,6-10H2,(H,15,19)(H,20,21)/t11-/m1/s1. The van der Waals surface area contributed by atoms with Crippen LogP contribution >= 0.6 is 11.3 Å². The summed E-state index contributed by atoms with van der Waals surface area (Å²) in [5.41, 5.74) is 0. The van der Waals surface area contributed by atoms with E-state index < -0.39 is 12.1 Å². The van der Waals surface area contributed by atoms with Crippen molar-refractivity contribution in [1.82, 2.24) is 15.1 Å². The van der Waals surface area contributed by atoms with Crippen LogP contribution < -0.4 is 5.32 Å². The molecular formula is C14H21N3O4S. The second-order valence-electron chi connectivity index (χ2n) is 5.37. The molecule has 7 nitrogen and oxygen atoms in total. The smallest absolute Gasteiger partial charge is 0.317 e.